The van der Waals surface area contributed by atoms with E-state index in [4.69, 9.17) is 11.6 Å². The van der Waals surface area contributed by atoms with Crippen LogP contribution < -0.4 is 11.2 Å². The number of rotatable bonds is 1. The van der Waals surface area contributed by atoms with Crippen LogP contribution >= 0.6 is 11.6 Å². The van der Waals surface area contributed by atoms with Crippen LogP contribution in [-0.2, 0) is 7.05 Å². The number of halogens is 1. The number of hydrogen-bond acceptors (Lipinski definition) is 2. The summed E-state index contributed by atoms with van der Waals surface area (Å²) in [4.78, 5) is 25.0. The Morgan fingerprint density at radius 1 is 0.950 bits per heavy atom. The average molecular weight is 287 g/mol. The summed E-state index contributed by atoms with van der Waals surface area (Å²) >= 11 is 6.10. The van der Waals surface area contributed by atoms with Crippen molar-refractivity contribution in [3.8, 4) is 5.69 Å². The van der Waals surface area contributed by atoms with Gasteiger partial charge in [0.1, 0.15) is 0 Å². The topological polar surface area (TPSA) is 44.0 Å². The lowest BCUT2D eigenvalue weighted by atomic mass is 10.2. The van der Waals surface area contributed by atoms with Gasteiger partial charge in [-0.15, -0.1) is 0 Å². The zero-order chi connectivity index (χ0) is 14.3. The van der Waals surface area contributed by atoms with Gasteiger partial charge in [0.15, 0.2) is 0 Å². The summed E-state index contributed by atoms with van der Waals surface area (Å²) in [5, 5.41) is 0.844. The van der Waals surface area contributed by atoms with Crippen LogP contribution in [0.4, 0.5) is 0 Å². The van der Waals surface area contributed by atoms with Gasteiger partial charge in [-0.3, -0.25) is 9.36 Å². The molecular formula is C15H11ClN2O2. The highest BCUT2D eigenvalue weighted by Crippen LogP contribution is 2.17. The Kier molecular flexibility index (Phi) is 2.95. The van der Waals surface area contributed by atoms with E-state index < -0.39 is 5.69 Å². The molecule has 0 bridgehead atoms. The van der Waals surface area contributed by atoms with Gasteiger partial charge in [0.25, 0.3) is 5.56 Å². The van der Waals surface area contributed by atoms with Crippen LogP contribution in [-0.4, -0.2) is 9.13 Å². The molecule has 0 N–H and O–H groups in total. The number of benzene rings is 2. The van der Waals surface area contributed by atoms with Crippen molar-refractivity contribution in [1.82, 2.24) is 9.13 Å². The Morgan fingerprint density at radius 2 is 1.60 bits per heavy atom. The van der Waals surface area contributed by atoms with Gasteiger partial charge in [-0.05, 0) is 24.3 Å². The first-order chi connectivity index (χ1) is 9.61. The minimum Gasteiger partial charge on any atom is -0.296 e. The van der Waals surface area contributed by atoms with Gasteiger partial charge in [0, 0.05) is 7.05 Å². The summed E-state index contributed by atoms with van der Waals surface area (Å²) in [5.41, 5.74) is 0.218. The van der Waals surface area contributed by atoms with E-state index in [0.29, 0.717) is 21.6 Å². The van der Waals surface area contributed by atoms with Crippen molar-refractivity contribution >= 4 is 22.5 Å². The Bertz CT molecular complexity index is 925. The monoisotopic (exact) mass is 286 g/mol. The van der Waals surface area contributed by atoms with Crippen molar-refractivity contribution in [3.05, 3.63) is 74.4 Å². The van der Waals surface area contributed by atoms with Crippen molar-refractivity contribution in [3.63, 3.8) is 0 Å². The van der Waals surface area contributed by atoms with Crippen molar-refractivity contribution in [2.75, 3.05) is 0 Å². The van der Waals surface area contributed by atoms with Gasteiger partial charge in [-0.1, -0.05) is 35.9 Å². The molecule has 3 rings (SSSR count). The average Bonchev–Trinajstić information content (AvgIpc) is 2.47. The molecule has 3 aromatic rings. The van der Waals surface area contributed by atoms with Gasteiger partial charge >= 0.3 is 5.69 Å². The molecule has 5 heteroatoms. The molecule has 0 radical (unpaired) electrons. The van der Waals surface area contributed by atoms with Crippen LogP contribution in [0, 0.1) is 0 Å². The number of fused-ring (bicyclic) bond motifs is 1. The first-order valence-corrected chi connectivity index (χ1v) is 6.45. The standard InChI is InChI=1S/C15H11ClN2O2/c1-17-12-8-4-2-6-10(12)14(19)18(15(17)20)13-9-5-3-7-11(13)16/h2-9H,1H3. The quantitative estimate of drug-likeness (QED) is 0.689. The molecule has 0 aliphatic carbocycles. The van der Waals surface area contributed by atoms with Gasteiger partial charge in [-0.2, -0.15) is 0 Å². The van der Waals surface area contributed by atoms with Gasteiger partial charge in [-0.25, -0.2) is 9.36 Å². The lowest BCUT2D eigenvalue weighted by Crippen LogP contribution is -2.38. The van der Waals surface area contributed by atoms with Crippen LogP contribution in [0.5, 0.6) is 0 Å². The van der Waals surface area contributed by atoms with E-state index in [9.17, 15) is 9.59 Å². The minimum absolute atomic E-state index is 0.363. The van der Waals surface area contributed by atoms with Crippen LogP contribution in [0.25, 0.3) is 16.6 Å². The fraction of sp³-hybridized carbons (Fsp3) is 0.0667. The Balaban J connectivity index is 2.53. The number of nitrogens with zero attached hydrogens (tertiary/aromatic N) is 2. The fourth-order valence-electron chi connectivity index (χ4n) is 2.25. The number of para-hydroxylation sites is 2. The van der Waals surface area contributed by atoms with Gasteiger partial charge in [0.2, 0.25) is 0 Å². The number of hydrogen-bond donors (Lipinski definition) is 0. The highest BCUT2D eigenvalue weighted by atomic mass is 35.5. The van der Waals surface area contributed by atoms with Crippen LogP contribution in [0.1, 0.15) is 0 Å². The van der Waals surface area contributed by atoms with E-state index in [2.05, 4.69) is 0 Å². The first kappa shape index (κ1) is 12.7. The summed E-state index contributed by atoms with van der Waals surface area (Å²) in [7, 11) is 1.64. The largest absolute Gasteiger partial charge is 0.335 e. The summed E-state index contributed by atoms with van der Waals surface area (Å²) in [5.74, 6) is 0. The molecule has 0 saturated carbocycles. The zero-order valence-corrected chi connectivity index (χ0v) is 11.5. The second-order valence-corrected chi connectivity index (χ2v) is 4.86. The molecular weight excluding hydrogens is 276 g/mol. The van der Waals surface area contributed by atoms with Gasteiger partial charge in [0.05, 0.1) is 21.6 Å². The molecule has 100 valence electrons. The predicted octanol–water partition coefficient (Wildman–Crippen LogP) is 2.34. The van der Waals surface area contributed by atoms with E-state index in [1.54, 1.807) is 55.6 Å². The van der Waals surface area contributed by atoms with Crippen LogP contribution in [0.3, 0.4) is 0 Å². The molecule has 0 saturated heterocycles. The lowest BCUT2D eigenvalue weighted by molar-refractivity contribution is 0.774. The highest BCUT2D eigenvalue weighted by molar-refractivity contribution is 6.32. The maximum absolute atomic E-state index is 12.5. The maximum atomic E-state index is 12.5. The molecule has 1 aromatic heterocycles. The first-order valence-electron chi connectivity index (χ1n) is 6.07. The molecule has 0 spiro atoms. The molecule has 0 amide bonds. The zero-order valence-electron chi connectivity index (χ0n) is 10.7. The Labute approximate surface area is 119 Å². The summed E-state index contributed by atoms with van der Waals surface area (Å²) in [6.45, 7) is 0. The third-order valence-electron chi connectivity index (χ3n) is 3.27. The van der Waals surface area contributed by atoms with Crippen molar-refractivity contribution in [2.24, 2.45) is 7.05 Å². The predicted molar refractivity (Wildman–Crippen MR) is 79.8 cm³/mol. The molecule has 0 atom stereocenters. The molecule has 0 unspecified atom stereocenters. The summed E-state index contributed by atoms with van der Waals surface area (Å²) < 4.78 is 2.55. The second kappa shape index (κ2) is 4.65. The minimum atomic E-state index is -0.415. The third kappa shape index (κ3) is 1.77. The fourth-order valence-corrected chi connectivity index (χ4v) is 2.47. The molecule has 2 aromatic carbocycles. The Hall–Kier alpha value is -2.33. The molecule has 0 aliphatic rings. The van der Waals surface area contributed by atoms with Crippen LogP contribution in [0.15, 0.2) is 58.1 Å². The molecule has 20 heavy (non-hydrogen) atoms. The third-order valence-corrected chi connectivity index (χ3v) is 3.59. The molecule has 0 fully saturated rings. The van der Waals surface area contributed by atoms with Crippen LogP contribution in [0.2, 0.25) is 5.02 Å². The van der Waals surface area contributed by atoms with E-state index in [0.717, 1.165) is 4.57 Å². The highest BCUT2D eigenvalue weighted by Gasteiger charge is 2.13. The normalized spacial score (nSPS) is 10.9. The molecule has 0 aliphatic heterocycles. The van der Waals surface area contributed by atoms with E-state index in [-0.39, 0.29) is 5.56 Å². The van der Waals surface area contributed by atoms with Crippen molar-refractivity contribution in [2.45, 2.75) is 0 Å². The molecule has 1 heterocycles. The SMILES string of the molecule is Cn1c(=O)n(-c2ccccc2Cl)c(=O)c2ccccc21. The van der Waals surface area contributed by atoms with Crippen molar-refractivity contribution in [1.29, 1.82) is 0 Å². The maximum Gasteiger partial charge on any atom is 0.335 e. The summed E-state index contributed by atoms with van der Waals surface area (Å²) in [6, 6.07) is 13.8. The van der Waals surface area contributed by atoms with E-state index >= 15 is 0 Å². The van der Waals surface area contributed by atoms with Gasteiger partial charge < -0.3 is 0 Å². The smallest absolute Gasteiger partial charge is 0.296 e. The van der Waals surface area contributed by atoms with E-state index in [1.165, 1.54) is 4.57 Å². The molecule has 4 nitrogen and oxygen atoms in total. The second-order valence-electron chi connectivity index (χ2n) is 4.45. The number of aromatic nitrogens is 2. The Morgan fingerprint density at radius 3 is 2.35 bits per heavy atom. The summed E-state index contributed by atoms with van der Waals surface area (Å²) in [6.07, 6.45) is 0. The lowest BCUT2D eigenvalue weighted by Gasteiger charge is -2.11. The number of aryl methyl sites for hydroxylation is 1. The van der Waals surface area contributed by atoms with Crippen molar-refractivity contribution < 1.29 is 0 Å². The van der Waals surface area contributed by atoms with E-state index in [1.807, 2.05) is 0 Å².